The van der Waals surface area contributed by atoms with Crippen molar-refractivity contribution in [1.82, 2.24) is 19.2 Å². The number of aromatic nitrogens is 4. The average Bonchev–Trinajstić information content (AvgIpc) is 3.28. The first-order valence-corrected chi connectivity index (χ1v) is 13.8. The molecule has 1 amide bonds. The Kier molecular flexibility index (Phi) is 7.91. The zero-order valence-electron chi connectivity index (χ0n) is 23.4. The molecule has 4 aromatic rings. The van der Waals surface area contributed by atoms with E-state index in [1.807, 2.05) is 82.3 Å². The number of nitrogens with two attached hydrogens (primary N) is 1. The lowest BCUT2D eigenvalue weighted by molar-refractivity contribution is -0.671. The maximum absolute atomic E-state index is 13.3. The van der Waals surface area contributed by atoms with E-state index >= 15 is 0 Å². The Hall–Kier alpha value is -4.53. The molecule has 5 rings (SSSR count). The molecule has 0 saturated heterocycles. The van der Waals surface area contributed by atoms with Crippen LogP contribution in [0.25, 0.3) is 28.0 Å². The van der Waals surface area contributed by atoms with Crippen molar-refractivity contribution < 1.29 is 9.36 Å². The lowest BCUT2D eigenvalue weighted by atomic mass is 9.99. The SMILES string of the molecule is CCCN(CCC)C(=O)C1=Cc2ccc(-c3ccc4c(=O)n(CCn5cc[n+](C)c5)ncc4c3)cc2N=C(N)C1. The number of fused-ring (bicyclic) bond motifs is 2. The summed E-state index contributed by atoms with van der Waals surface area (Å²) >= 11 is 0. The van der Waals surface area contributed by atoms with Crippen LogP contribution < -0.4 is 15.9 Å². The second kappa shape index (κ2) is 11.7. The van der Waals surface area contributed by atoms with Crippen molar-refractivity contribution in [3.05, 3.63) is 82.8 Å². The maximum Gasteiger partial charge on any atom is 0.274 e. The second-order valence-electron chi connectivity index (χ2n) is 10.3. The molecular formula is C31H36N7O2+. The monoisotopic (exact) mass is 538 g/mol. The number of rotatable bonds is 9. The summed E-state index contributed by atoms with van der Waals surface area (Å²) in [5, 5.41) is 5.83. The van der Waals surface area contributed by atoms with Crippen molar-refractivity contribution in [2.24, 2.45) is 17.8 Å². The van der Waals surface area contributed by atoms with Gasteiger partial charge in [0.2, 0.25) is 12.2 Å². The van der Waals surface area contributed by atoms with Crippen LogP contribution in [0.3, 0.4) is 0 Å². The largest absolute Gasteiger partial charge is 0.387 e. The average molecular weight is 539 g/mol. The summed E-state index contributed by atoms with van der Waals surface area (Å²) in [5.41, 5.74) is 10.3. The fourth-order valence-electron chi connectivity index (χ4n) is 5.14. The molecule has 0 spiro atoms. The van der Waals surface area contributed by atoms with Crippen LogP contribution in [-0.2, 0) is 24.9 Å². The van der Waals surface area contributed by atoms with Gasteiger partial charge in [-0.05, 0) is 48.2 Å². The highest BCUT2D eigenvalue weighted by Crippen LogP contribution is 2.33. The van der Waals surface area contributed by atoms with Gasteiger partial charge >= 0.3 is 0 Å². The first-order chi connectivity index (χ1) is 19.4. The highest BCUT2D eigenvalue weighted by Gasteiger charge is 2.21. The molecule has 3 heterocycles. The van der Waals surface area contributed by atoms with Crippen molar-refractivity contribution in [1.29, 1.82) is 0 Å². The standard InChI is InChI=1S/C31H35N7O2/c1-4-10-37(11-5-2)30(39)25-17-24-7-6-23(18-28(24)34-29(32)19-25)22-8-9-27-26(16-22)20-33-38(31(27)40)15-14-36-13-12-35(3)21-36/h6-9,12-13,16-18,20-21H,4-5,10-11,14-15,19H2,1-3H3,(H-,32,34,39)/p+1. The minimum absolute atomic E-state index is 0.0221. The van der Waals surface area contributed by atoms with E-state index in [-0.39, 0.29) is 11.5 Å². The van der Waals surface area contributed by atoms with E-state index in [9.17, 15) is 9.59 Å². The van der Waals surface area contributed by atoms with Crippen molar-refractivity contribution in [3.63, 3.8) is 0 Å². The van der Waals surface area contributed by atoms with Gasteiger partial charge in [0.1, 0.15) is 24.8 Å². The van der Waals surface area contributed by atoms with Crippen LogP contribution in [0.5, 0.6) is 0 Å². The lowest BCUT2D eigenvalue weighted by Gasteiger charge is -2.22. The highest BCUT2D eigenvalue weighted by molar-refractivity contribution is 6.05. The van der Waals surface area contributed by atoms with Gasteiger partial charge in [-0.1, -0.05) is 32.0 Å². The van der Waals surface area contributed by atoms with Gasteiger partial charge < -0.3 is 10.6 Å². The molecule has 1 aliphatic rings. The van der Waals surface area contributed by atoms with Crippen LogP contribution >= 0.6 is 0 Å². The molecule has 40 heavy (non-hydrogen) atoms. The zero-order valence-corrected chi connectivity index (χ0v) is 23.4. The van der Waals surface area contributed by atoms with Crippen molar-refractivity contribution in [2.45, 2.75) is 46.2 Å². The highest BCUT2D eigenvalue weighted by atomic mass is 16.2. The Balaban J connectivity index is 1.42. The number of carbonyl (C=O) groups is 1. The van der Waals surface area contributed by atoms with Gasteiger partial charge in [-0.2, -0.15) is 5.10 Å². The number of imidazole rings is 1. The summed E-state index contributed by atoms with van der Waals surface area (Å²) < 4.78 is 5.49. The van der Waals surface area contributed by atoms with E-state index in [2.05, 4.69) is 23.9 Å². The summed E-state index contributed by atoms with van der Waals surface area (Å²) in [4.78, 5) is 32.9. The third-order valence-corrected chi connectivity index (χ3v) is 7.12. The molecule has 2 aromatic carbocycles. The molecule has 2 aromatic heterocycles. The summed E-state index contributed by atoms with van der Waals surface area (Å²) in [6, 6.07) is 11.8. The van der Waals surface area contributed by atoms with E-state index < -0.39 is 0 Å². The van der Waals surface area contributed by atoms with Crippen LogP contribution in [0.4, 0.5) is 5.69 Å². The number of amidine groups is 1. The number of benzene rings is 2. The van der Waals surface area contributed by atoms with E-state index in [4.69, 9.17) is 5.73 Å². The molecule has 0 fully saturated rings. The number of amides is 1. The third-order valence-electron chi connectivity index (χ3n) is 7.12. The molecule has 0 atom stereocenters. The molecule has 0 radical (unpaired) electrons. The first-order valence-electron chi connectivity index (χ1n) is 13.8. The summed E-state index contributed by atoms with van der Waals surface area (Å²) in [6.45, 7) is 6.75. The van der Waals surface area contributed by atoms with Gasteiger partial charge in [0, 0.05) is 36.0 Å². The maximum atomic E-state index is 13.3. The van der Waals surface area contributed by atoms with Crippen LogP contribution in [0.2, 0.25) is 0 Å². The normalized spacial score (nSPS) is 13.0. The van der Waals surface area contributed by atoms with Crippen molar-refractivity contribution in [3.8, 4) is 11.1 Å². The number of nitrogens with zero attached hydrogens (tertiary/aromatic N) is 6. The van der Waals surface area contributed by atoms with Gasteiger partial charge in [-0.25, -0.2) is 18.8 Å². The molecule has 0 aliphatic carbocycles. The van der Waals surface area contributed by atoms with E-state index in [1.165, 1.54) is 4.68 Å². The second-order valence-corrected chi connectivity index (χ2v) is 10.3. The molecule has 0 bridgehead atoms. The van der Waals surface area contributed by atoms with Gasteiger partial charge in [0.05, 0.1) is 30.9 Å². The summed E-state index contributed by atoms with van der Waals surface area (Å²) in [7, 11) is 1.96. The fourth-order valence-corrected chi connectivity index (χ4v) is 5.14. The Morgan fingerprint density at radius 3 is 2.55 bits per heavy atom. The number of hydrogen-bond donors (Lipinski definition) is 1. The van der Waals surface area contributed by atoms with Crippen LogP contribution in [-0.4, -0.2) is 44.1 Å². The molecular weight excluding hydrogens is 502 g/mol. The molecule has 206 valence electrons. The van der Waals surface area contributed by atoms with E-state index in [1.54, 1.807) is 6.20 Å². The zero-order chi connectivity index (χ0) is 28.2. The van der Waals surface area contributed by atoms with Crippen LogP contribution in [0.1, 0.15) is 38.7 Å². The Morgan fingerprint density at radius 2 is 1.82 bits per heavy atom. The van der Waals surface area contributed by atoms with Crippen molar-refractivity contribution in [2.75, 3.05) is 13.1 Å². The number of aryl methyl sites for hydroxylation is 3. The van der Waals surface area contributed by atoms with Crippen molar-refractivity contribution >= 4 is 34.3 Å². The Bertz CT molecular complexity index is 1670. The first kappa shape index (κ1) is 27.1. The van der Waals surface area contributed by atoms with E-state index in [0.717, 1.165) is 53.7 Å². The van der Waals surface area contributed by atoms with Crippen LogP contribution in [0.15, 0.2) is 76.7 Å². The molecule has 0 unspecified atom stereocenters. The number of carbonyl (C=O) groups excluding carboxylic acids is 1. The topological polar surface area (TPSA) is 102 Å². The number of hydrogen-bond acceptors (Lipinski definition) is 5. The van der Waals surface area contributed by atoms with Gasteiger partial charge in [-0.15, -0.1) is 0 Å². The predicted octanol–water partition coefficient (Wildman–Crippen LogP) is 3.81. The molecule has 9 heteroatoms. The molecule has 0 saturated carbocycles. The molecule has 2 N–H and O–H groups in total. The quantitative estimate of drug-likeness (QED) is 0.327. The third kappa shape index (κ3) is 5.73. The molecule has 9 nitrogen and oxygen atoms in total. The molecule has 1 aliphatic heterocycles. The summed E-state index contributed by atoms with van der Waals surface area (Å²) in [5.74, 6) is 0.439. The van der Waals surface area contributed by atoms with E-state index in [0.29, 0.717) is 36.3 Å². The fraction of sp³-hybridized carbons (Fsp3) is 0.323. The lowest BCUT2D eigenvalue weighted by Crippen LogP contribution is -2.34. The Labute approximate surface area is 233 Å². The van der Waals surface area contributed by atoms with Crippen LogP contribution in [0, 0.1) is 0 Å². The minimum atomic E-state index is -0.109. The van der Waals surface area contributed by atoms with Gasteiger partial charge in [0.25, 0.3) is 5.56 Å². The smallest absolute Gasteiger partial charge is 0.274 e. The van der Waals surface area contributed by atoms with Gasteiger partial charge in [-0.3, -0.25) is 9.59 Å². The summed E-state index contributed by atoms with van der Waals surface area (Å²) in [6.07, 6.45) is 11.7. The van der Waals surface area contributed by atoms with Gasteiger partial charge in [0.15, 0.2) is 0 Å². The Morgan fingerprint density at radius 1 is 1.07 bits per heavy atom. The predicted molar refractivity (Wildman–Crippen MR) is 158 cm³/mol. The number of aliphatic imine (C=N–C) groups is 1. The minimum Gasteiger partial charge on any atom is -0.387 e.